The molecule has 2 aliphatic heterocycles. The molecule has 0 saturated heterocycles. The van der Waals surface area contributed by atoms with Gasteiger partial charge in [-0.3, -0.25) is 9.59 Å². The van der Waals surface area contributed by atoms with Gasteiger partial charge in [0.25, 0.3) is 0 Å². The van der Waals surface area contributed by atoms with Crippen LogP contribution in [0.25, 0.3) is 0 Å². The molecular weight excluding hydrogens is 340 g/mol. The summed E-state index contributed by atoms with van der Waals surface area (Å²) in [5.41, 5.74) is 1.28. The van der Waals surface area contributed by atoms with E-state index in [4.69, 9.17) is 18.9 Å². The van der Waals surface area contributed by atoms with Gasteiger partial charge in [0.05, 0.1) is 19.1 Å². The Morgan fingerprint density at radius 3 is 2.77 bits per heavy atom. The Morgan fingerprint density at radius 2 is 2.04 bits per heavy atom. The van der Waals surface area contributed by atoms with Gasteiger partial charge in [-0.1, -0.05) is 0 Å². The monoisotopic (exact) mass is 356 g/mol. The zero-order valence-electron chi connectivity index (χ0n) is 14.2. The summed E-state index contributed by atoms with van der Waals surface area (Å²) in [6.45, 7) is 1.45. The average molecular weight is 356 g/mol. The topological polar surface area (TPSA) is 91.3 Å². The van der Waals surface area contributed by atoms with Crippen LogP contribution in [-0.2, 0) is 4.79 Å². The summed E-state index contributed by atoms with van der Waals surface area (Å²) < 4.78 is 21.4. The highest BCUT2D eigenvalue weighted by atomic mass is 16.7. The first-order valence-electron chi connectivity index (χ1n) is 8.04. The van der Waals surface area contributed by atoms with E-state index in [2.05, 4.69) is 0 Å². The predicted octanol–water partition coefficient (Wildman–Crippen LogP) is 2.77. The first kappa shape index (κ1) is 16.3. The maximum Gasteiger partial charge on any atom is 0.312 e. The lowest BCUT2D eigenvalue weighted by atomic mass is 9.84. The number of hydrogen-bond acceptors (Lipinski definition) is 7. The summed E-state index contributed by atoms with van der Waals surface area (Å²) >= 11 is 0. The number of phenols is 1. The largest absolute Gasteiger partial charge is 0.507 e. The van der Waals surface area contributed by atoms with Gasteiger partial charge in [-0.05, 0) is 36.8 Å². The van der Waals surface area contributed by atoms with E-state index in [1.165, 1.54) is 26.2 Å². The van der Waals surface area contributed by atoms with Gasteiger partial charge in [0.15, 0.2) is 17.3 Å². The van der Waals surface area contributed by atoms with Crippen LogP contribution in [0.2, 0.25) is 0 Å². The molecule has 0 fully saturated rings. The second kappa shape index (κ2) is 5.94. The Labute approximate surface area is 149 Å². The zero-order valence-corrected chi connectivity index (χ0v) is 14.2. The van der Waals surface area contributed by atoms with Crippen molar-refractivity contribution >= 4 is 11.8 Å². The number of rotatable bonds is 3. The molecule has 0 saturated carbocycles. The van der Waals surface area contributed by atoms with Gasteiger partial charge in [0, 0.05) is 11.5 Å². The summed E-state index contributed by atoms with van der Waals surface area (Å²) in [7, 11) is 1.51. The van der Waals surface area contributed by atoms with Crippen molar-refractivity contribution in [2.24, 2.45) is 0 Å². The molecule has 7 nitrogen and oxygen atoms in total. The van der Waals surface area contributed by atoms with Crippen LogP contribution in [0.3, 0.4) is 0 Å². The molecular formula is C19H16O7. The molecule has 1 N–H and O–H groups in total. The van der Waals surface area contributed by atoms with Crippen molar-refractivity contribution < 1.29 is 33.6 Å². The van der Waals surface area contributed by atoms with Crippen LogP contribution < -0.4 is 18.9 Å². The fourth-order valence-electron chi connectivity index (χ4n) is 3.37. The molecule has 0 aliphatic carbocycles. The quantitative estimate of drug-likeness (QED) is 0.514. The van der Waals surface area contributed by atoms with Crippen molar-refractivity contribution in [3.05, 3.63) is 41.0 Å². The molecule has 7 heteroatoms. The third kappa shape index (κ3) is 2.44. The first-order valence-corrected chi connectivity index (χ1v) is 8.04. The van der Waals surface area contributed by atoms with Gasteiger partial charge in [-0.2, -0.15) is 0 Å². The number of carbonyl (C=O) groups excluding carboxylic acids is 2. The van der Waals surface area contributed by atoms with Gasteiger partial charge >= 0.3 is 5.97 Å². The SMILES string of the molecule is COc1cc(C2CC(=O)Oc3ccc(C(C)=O)c(O)c32)cc2c1OCO2. The van der Waals surface area contributed by atoms with Crippen LogP contribution in [0.15, 0.2) is 24.3 Å². The van der Waals surface area contributed by atoms with E-state index in [9.17, 15) is 14.7 Å². The van der Waals surface area contributed by atoms with Gasteiger partial charge in [0.1, 0.15) is 11.5 Å². The number of phenolic OH excluding ortho intramolecular Hbond substituents is 1. The van der Waals surface area contributed by atoms with E-state index < -0.39 is 11.9 Å². The summed E-state index contributed by atoms with van der Waals surface area (Å²) in [4.78, 5) is 23.9. The second-order valence-corrected chi connectivity index (χ2v) is 6.12. The predicted molar refractivity (Wildman–Crippen MR) is 89.3 cm³/mol. The van der Waals surface area contributed by atoms with Crippen LogP contribution in [0.4, 0.5) is 0 Å². The number of ketones is 1. The standard InChI is InChI=1S/C19H16O7/c1-9(20)11-3-4-13-17(18(11)22)12(7-16(21)26-13)10-5-14(23-2)19-15(6-10)24-8-25-19/h3-6,12,22H,7-8H2,1-2H3. The number of hydrogen-bond donors (Lipinski definition) is 1. The number of Topliss-reactive ketones (excluding diaryl/α,β-unsaturated/α-hetero) is 1. The molecule has 2 aromatic rings. The Kier molecular flexibility index (Phi) is 3.72. The Bertz CT molecular complexity index is 932. The van der Waals surface area contributed by atoms with E-state index in [0.717, 1.165) is 0 Å². The Balaban J connectivity index is 1.90. The molecule has 26 heavy (non-hydrogen) atoms. The molecule has 2 aromatic carbocycles. The third-order valence-electron chi connectivity index (χ3n) is 4.58. The van der Waals surface area contributed by atoms with Gasteiger partial charge in [0.2, 0.25) is 12.5 Å². The third-order valence-corrected chi connectivity index (χ3v) is 4.58. The van der Waals surface area contributed by atoms with E-state index in [-0.39, 0.29) is 36.1 Å². The van der Waals surface area contributed by atoms with E-state index in [0.29, 0.717) is 28.4 Å². The molecule has 1 atom stereocenters. The number of carbonyl (C=O) groups is 2. The number of benzene rings is 2. The van der Waals surface area contributed by atoms with Gasteiger partial charge < -0.3 is 24.1 Å². The van der Waals surface area contributed by atoms with Gasteiger partial charge in [-0.15, -0.1) is 0 Å². The van der Waals surface area contributed by atoms with Crippen LogP contribution in [0.5, 0.6) is 28.7 Å². The number of esters is 1. The number of ether oxygens (including phenoxy) is 4. The molecule has 1 unspecified atom stereocenters. The minimum atomic E-state index is -0.506. The number of fused-ring (bicyclic) bond motifs is 2. The number of aromatic hydroxyl groups is 1. The molecule has 0 radical (unpaired) electrons. The average Bonchev–Trinajstić information content (AvgIpc) is 3.08. The molecule has 4 rings (SSSR count). The molecule has 134 valence electrons. The molecule has 2 heterocycles. The fourth-order valence-corrected chi connectivity index (χ4v) is 3.37. The van der Waals surface area contributed by atoms with E-state index >= 15 is 0 Å². The van der Waals surface area contributed by atoms with Crippen molar-refractivity contribution in [1.29, 1.82) is 0 Å². The van der Waals surface area contributed by atoms with Crippen molar-refractivity contribution in [2.45, 2.75) is 19.3 Å². The van der Waals surface area contributed by atoms with Gasteiger partial charge in [-0.25, -0.2) is 0 Å². The van der Waals surface area contributed by atoms with E-state index in [1.54, 1.807) is 12.1 Å². The van der Waals surface area contributed by atoms with Crippen molar-refractivity contribution in [3.63, 3.8) is 0 Å². The smallest absolute Gasteiger partial charge is 0.312 e. The maximum absolute atomic E-state index is 12.1. The van der Waals surface area contributed by atoms with Crippen molar-refractivity contribution in [3.8, 4) is 28.7 Å². The van der Waals surface area contributed by atoms with Crippen molar-refractivity contribution in [1.82, 2.24) is 0 Å². The summed E-state index contributed by atoms with van der Waals surface area (Å²) in [5, 5.41) is 10.6. The lowest BCUT2D eigenvalue weighted by Crippen LogP contribution is -2.21. The minimum absolute atomic E-state index is 0.0186. The van der Waals surface area contributed by atoms with Crippen LogP contribution in [0, 0.1) is 0 Å². The Morgan fingerprint density at radius 1 is 1.23 bits per heavy atom. The van der Waals surface area contributed by atoms with Crippen molar-refractivity contribution in [2.75, 3.05) is 13.9 Å². The highest BCUT2D eigenvalue weighted by Crippen LogP contribution is 2.49. The summed E-state index contributed by atoms with van der Waals surface area (Å²) in [6.07, 6.45) is 0.0186. The van der Waals surface area contributed by atoms with Crippen LogP contribution in [-0.4, -0.2) is 30.8 Å². The highest BCUT2D eigenvalue weighted by Gasteiger charge is 2.34. The Hall–Kier alpha value is -3.22. The number of methoxy groups -OCH3 is 1. The first-order chi connectivity index (χ1) is 12.5. The lowest BCUT2D eigenvalue weighted by molar-refractivity contribution is -0.135. The molecule has 0 bridgehead atoms. The van der Waals surface area contributed by atoms with Crippen LogP contribution in [0.1, 0.15) is 40.7 Å². The maximum atomic E-state index is 12.1. The fraction of sp³-hybridized carbons (Fsp3) is 0.263. The molecule has 0 spiro atoms. The molecule has 0 aromatic heterocycles. The second-order valence-electron chi connectivity index (χ2n) is 6.12. The summed E-state index contributed by atoms with van der Waals surface area (Å²) in [5.74, 6) is 0.332. The van der Waals surface area contributed by atoms with Crippen LogP contribution >= 0.6 is 0 Å². The normalized spacial score (nSPS) is 17.5. The van der Waals surface area contributed by atoms with E-state index in [1.807, 2.05) is 0 Å². The molecule has 0 amide bonds. The zero-order chi connectivity index (χ0) is 18.4. The molecule has 2 aliphatic rings. The lowest BCUT2D eigenvalue weighted by Gasteiger charge is -2.26. The highest BCUT2D eigenvalue weighted by molar-refractivity contribution is 5.98. The minimum Gasteiger partial charge on any atom is -0.507 e. The summed E-state index contributed by atoms with van der Waals surface area (Å²) in [6, 6.07) is 6.46.